The van der Waals surface area contributed by atoms with Gasteiger partial charge < -0.3 is 14.8 Å². The molecule has 0 aliphatic rings. The topological polar surface area (TPSA) is 98.0 Å². The fraction of sp³-hybridized carbons (Fsp3) is 0.158. The van der Waals surface area contributed by atoms with E-state index in [9.17, 15) is 23.3 Å². The lowest BCUT2D eigenvalue weighted by Gasteiger charge is -2.12. The van der Waals surface area contributed by atoms with Gasteiger partial charge in [-0.1, -0.05) is 6.08 Å². The number of hydrazone groups is 1. The number of methoxy groups -OCH3 is 1. The van der Waals surface area contributed by atoms with Crippen molar-refractivity contribution in [2.45, 2.75) is 6.18 Å². The van der Waals surface area contributed by atoms with Crippen molar-refractivity contribution >= 4 is 29.2 Å². The molecule has 0 fully saturated rings. The number of halogens is 3. The highest BCUT2D eigenvalue weighted by molar-refractivity contribution is 7.80. The second-order valence-electron chi connectivity index (χ2n) is 5.82. The highest BCUT2D eigenvalue weighted by Crippen LogP contribution is 2.40. The minimum atomic E-state index is -4.72. The third-order valence-corrected chi connectivity index (χ3v) is 3.91. The summed E-state index contributed by atoms with van der Waals surface area (Å²) in [6, 6.07) is 6.53. The van der Waals surface area contributed by atoms with Gasteiger partial charge in [0.1, 0.15) is 0 Å². The zero-order valence-corrected chi connectivity index (χ0v) is 16.9. The maximum atomic E-state index is 12.8. The first-order valence-electron chi connectivity index (χ1n) is 8.55. The Morgan fingerprint density at radius 1 is 1.26 bits per heavy atom. The number of benzene rings is 2. The number of hydrogen-bond acceptors (Lipinski definition) is 6. The van der Waals surface area contributed by atoms with Gasteiger partial charge in [-0.25, -0.2) is 0 Å². The number of nitrogens with zero attached hydrogens (tertiary/aromatic N) is 2. The summed E-state index contributed by atoms with van der Waals surface area (Å²) in [7, 11) is 1.34. The maximum Gasteiger partial charge on any atom is 0.416 e. The van der Waals surface area contributed by atoms with Crippen molar-refractivity contribution in [2.75, 3.05) is 13.7 Å². The van der Waals surface area contributed by atoms with E-state index in [0.717, 1.165) is 6.07 Å². The van der Waals surface area contributed by atoms with E-state index < -0.39 is 22.4 Å². The normalized spacial score (nSPS) is 11.1. The van der Waals surface area contributed by atoms with Gasteiger partial charge in [0, 0.05) is 12.6 Å². The molecule has 0 amide bonds. The van der Waals surface area contributed by atoms with Crippen LogP contribution in [-0.4, -0.2) is 29.9 Å². The van der Waals surface area contributed by atoms with E-state index in [2.05, 4.69) is 22.4 Å². The minimum Gasteiger partial charge on any atom is -0.493 e. The van der Waals surface area contributed by atoms with E-state index in [1.54, 1.807) is 12.1 Å². The first-order chi connectivity index (χ1) is 14.7. The second-order valence-corrected chi connectivity index (χ2v) is 6.23. The van der Waals surface area contributed by atoms with Gasteiger partial charge in [-0.3, -0.25) is 15.5 Å². The Bertz CT molecular complexity index is 1010. The van der Waals surface area contributed by atoms with Gasteiger partial charge >= 0.3 is 11.9 Å². The lowest BCUT2D eigenvalue weighted by atomic mass is 10.1. The summed E-state index contributed by atoms with van der Waals surface area (Å²) in [4.78, 5) is 10.3. The Morgan fingerprint density at radius 2 is 1.97 bits per heavy atom. The average Bonchev–Trinajstić information content (AvgIpc) is 2.72. The molecule has 31 heavy (non-hydrogen) atoms. The smallest absolute Gasteiger partial charge is 0.416 e. The molecule has 2 rings (SSSR count). The molecule has 0 spiro atoms. The van der Waals surface area contributed by atoms with Gasteiger partial charge in [0.05, 0.1) is 23.8 Å². The van der Waals surface area contributed by atoms with E-state index in [1.165, 1.54) is 25.5 Å². The molecule has 0 saturated heterocycles. The maximum absolute atomic E-state index is 12.8. The van der Waals surface area contributed by atoms with E-state index in [0.29, 0.717) is 24.2 Å². The first-order valence-corrected chi connectivity index (χ1v) is 8.96. The molecule has 0 atom stereocenters. The van der Waals surface area contributed by atoms with Crippen molar-refractivity contribution in [1.29, 1.82) is 0 Å². The Morgan fingerprint density at radius 3 is 2.58 bits per heavy atom. The molecule has 0 radical (unpaired) electrons. The quantitative estimate of drug-likeness (QED) is 0.201. The Kier molecular flexibility index (Phi) is 7.91. The Balaban J connectivity index is 2.23. The molecule has 0 aliphatic heterocycles. The third-order valence-electron chi connectivity index (χ3n) is 3.68. The zero-order valence-electron chi connectivity index (χ0n) is 16.1. The predicted molar refractivity (Wildman–Crippen MR) is 113 cm³/mol. The van der Waals surface area contributed by atoms with E-state index in [4.69, 9.17) is 21.7 Å². The van der Waals surface area contributed by atoms with Gasteiger partial charge in [0.15, 0.2) is 16.6 Å². The number of nitro groups is 1. The Labute approximate surface area is 180 Å². The van der Waals surface area contributed by atoms with Crippen LogP contribution in [0.4, 0.5) is 18.9 Å². The highest BCUT2D eigenvalue weighted by atomic mass is 32.1. The Hall–Kier alpha value is -3.67. The summed E-state index contributed by atoms with van der Waals surface area (Å²) in [5, 5.41) is 18.3. The van der Waals surface area contributed by atoms with Crippen LogP contribution in [0.2, 0.25) is 0 Å². The number of thiocarbonyl (C=S) groups is 1. The molecule has 2 N–H and O–H groups in total. The van der Waals surface area contributed by atoms with E-state index in [-0.39, 0.29) is 22.4 Å². The number of hydrogen-bond donors (Lipinski definition) is 2. The molecule has 0 bridgehead atoms. The van der Waals surface area contributed by atoms with Crippen LogP contribution >= 0.6 is 12.2 Å². The number of nitro benzene ring substituents is 1. The lowest BCUT2D eigenvalue weighted by Crippen LogP contribution is -2.31. The van der Waals surface area contributed by atoms with Gasteiger partial charge in [-0.05, 0) is 48.1 Å². The average molecular weight is 454 g/mol. The zero-order chi connectivity index (χ0) is 23.0. The molecule has 164 valence electrons. The number of ether oxygens (including phenoxy) is 2. The summed E-state index contributed by atoms with van der Waals surface area (Å²) in [6.07, 6.45) is -1.66. The molecule has 12 heteroatoms. The molecule has 0 aliphatic carbocycles. The molecular formula is C19H17F3N4O4S. The summed E-state index contributed by atoms with van der Waals surface area (Å²) in [6.45, 7) is 4.02. The number of rotatable bonds is 8. The monoisotopic (exact) mass is 454 g/mol. The molecular weight excluding hydrogens is 437 g/mol. The highest BCUT2D eigenvalue weighted by Gasteiger charge is 2.33. The van der Waals surface area contributed by atoms with E-state index >= 15 is 0 Å². The molecule has 2 aromatic rings. The fourth-order valence-electron chi connectivity index (χ4n) is 2.26. The molecule has 8 nitrogen and oxygen atoms in total. The first kappa shape index (κ1) is 23.6. The van der Waals surface area contributed by atoms with Crippen molar-refractivity contribution in [3.8, 4) is 17.2 Å². The fourth-order valence-corrected chi connectivity index (χ4v) is 2.40. The van der Waals surface area contributed by atoms with Crippen molar-refractivity contribution in [2.24, 2.45) is 5.10 Å². The number of alkyl halides is 3. The molecule has 0 unspecified atom stereocenters. The second kappa shape index (κ2) is 10.4. The lowest BCUT2D eigenvalue weighted by molar-refractivity contribution is -0.385. The van der Waals surface area contributed by atoms with Gasteiger partial charge in [0.2, 0.25) is 5.75 Å². The predicted octanol–water partition coefficient (Wildman–Crippen LogP) is 4.40. The minimum absolute atomic E-state index is 0.0682. The summed E-state index contributed by atoms with van der Waals surface area (Å²) in [5.41, 5.74) is 1.19. The molecule has 2 aromatic carbocycles. The standard InChI is InChI=1S/C19H17F3N4O4S/c1-3-8-23-18(31)25-24-11-12-4-6-16(17(9-12)29-2)30-15-7-5-13(19(20,21)22)10-14(15)26(27)28/h3-7,9-11H,1,8H2,2H3,(H2,23,25,31)/b24-11+. The summed E-state index contributed by atoms with van der Waals surface area (Å²) >= 11 is 4.99. The van der Waals surface area contributed by atoms with Crippen LogP contribution < -0.4 is 20.2 Å². The van der Waals surface area contributed by atoms with Crippen LogP contribution in [0.5, 0.6) is 17.2 Å². The van der Waals surface area contributed by atoms with Crippen LogP contribution in [0.15, 0.2) is 54.2 Å². The van der Waals surface area contributed by atoms with Crippen molar-refractivity contribution in [1.82, 2.24) is 10.7 Å². The van der Waals surface area contributed by atoms with Gasteiger partial charge in [-0.2, -0.15) is 18.3 Å². The number of nitrogens with one attached hydrogen (secondary N) is 2. The molecule has 0 heterocycles. The summed E-state index contributed by atoms with van der Waals surface area (Å²) in [5.74, 6) is -0.109. The van der Waals surface area contributed by atoms with Crippen molar-refractivity contribution < 1.29 is 27.6 Å². The summed E-state index contributed by atoms with van der Waals surface area (Å²) < 4.78 is 49.2. The van der Waals surface area contributed by atoms with Crippen LogP contribution in [0, 0.1) is 10.1 Å². The van der Waals surface area contributed by atoms with Gasteiger partial charge in [0.25, 0.3) is 0 Å². The van der Waals surface area contributed by atoms with Crippen LogP contribution in [-0.2, 0) is 6.18 Å². The van der Waals surface area contributed by atoms with E-state index in [1.807, 2.05) is 0 Å². The van der Waals surface area contributed by atoms with Crippen molar-refractivity contribution in [3.05, 3.63) is 70.3 Å². The molecule has 0 saturated carbocycles. The van der Waals surface area contributed by atoms with Crippen molar-refractivity contribution in [3.63, 3.8) is 0 Å². The van der Waals surface area contributed by atoms with Crippen LogP contribution in [0.25, 0.3) is 0 Å². The third kappa shape index (κ3) is 6.67. The SMILES string of the molecule is C=CCNC(=S)N/N=C/c1ccc(Oc2ccc(C(F)(F)F)cc2[N+](=O)[O-])c(OC)c1. The van der Waals surface area contributed by atoms with Crippen LogP contribution in [0.3, 0.4) is 0 Å². The van der Waals surface area contributed by atoms with Gasteiger partial charge in [-0.15, -0.1) is 6.58 Å². The molecule has 0 aromatic heterocycles. The van der Waals surface area contributed by atoms with Crippen LogP contribution in [0.1, 0.15) is 11.1 Å². The largest absolute Gasteiger partial charge is 0.493 e.